The second-order valence-electron chi connectivity index (χ2n) is 7.60. The molecule has 0 saturated carbocycles. The maximum absolute atomic E-state index is 13.2. The van der Waals surface area contributed by atoms with Crippen LogP contribution in [0.5, 0.6) is 5.75 Å². The first-order valence-electron chi connectivity index (χ1n) is 9.89. The molecule has 1 aliphatic heterocycles. The molecule has 2 N–H and O–H groups in total. The monoisotopic (exact) mass is 416 g/mol. The first-order chi connectivity index (χ1) is 14.4. The standard InChI is InChI=1S/C21H28N4O5/c1-13-10-22-14(2)12-29-17-6-5-15(24-20(26)18-7-8-23-30-18)9-16(17)21(27)25(3)11-19(13)28-4/h5-9,13-14,19,22H,10-12H2,1-4H3,(H,24,26)/t13-,14+,19+/m1/s1. The first-order valence-corrected chi connectivity index (χ1v) is 9.89. The fourth-order valence-electron chi connectivity index (χ4n) is 3.26. The lowest BCUT2D eigenvalue weighted by Crippen LogP contribution is -2.44. The summed E-state index contributed by atoms with van der Waals surface area (Å²) in [6, 6.07) is 6.54. The van der Waals surface area contributed by atoms with Gasteiger partial charge in [-0.05, 0) is 31.0 Å². The third-order valence-corrected chi connectivity index (χ3v) is 5.14. The second-order valence-corrected chi connectivity index (χ2v) is 7.60. The smallest absolute Gasteiger partial charge is 0.294 e. The Morgan fingerprint density at radius 3 is 2.83 bits per heavy atom. The van der Waals surface area contributed by atoms with Gasteiger partial charge in [-0.15, -0.1) is 0 Å². The highest BCUT2D eigenvalue weighted by Gasteiger charge is 2.25. The molecule has 3 rings (SSSR count). The quantitative estimate of drug-likeness (QED) is 0.788. The molecule has 0 fully saturated rings. The number of methoxy groups -OCH3 is 1. The predicted octanol–water partition coefficient (Wildman–Crippen LogP) is 2.02. The molecule has 2 amide bonds. The molecule has 2 aromatic rings. The zero-order valence-corrected chi connectivity index (χ0v) is 17.7. The fraction of sp³-hybridized carbons (Fsp3) is 0.476. The Bertz CT molecular complexity index is 870. The van der Waals surface area contributed by atoms with E-state index < -0.39 is 5.91 Å². The van der Waals surface area contributed by atoms with Gasteiger partial charge in [0.05, 0.1) is 17.9 Å². The lowest BCUT2D eigenvalue weighted by molar-refractivity contribution is 0.0281. The van der Waals surface area contributed by atoms with Gasteiger partial charge in [-0.3, -0.25) is 9.59 Å². The van der Waals surface area contributed by atoms with E-state index >= 15 is 0 Å². The van der Waals surface area contributed by atoms with E-state index in [1.54, 1.807) is 37.3 Å². The molecule has 1 aromatic heterocycles. The average Bonchev–Trinajstić information content (AvgIpc) is 3.28. The molecule has 162 valence electrons. The Kier molecular flexibility index (Phi) is 7.07. The van der Waals surface area contributed by atoms with E-state index in [1.807, 2.05) is 6.92 Å². The molecular weight excluding hydrogens is 388 g/mol. The van der Waals surface area contributed by atoms with Gasteiger partial charge < -0.3 is 29.5 Å². The number of anilines is 1. The van der Waals surface area contributed by atoms with E-state index in [1.165, 1.54) is 12.3 Å². The summed E-state index contributed by atoms with van der Waals surface area (Å²) in [4.78, 5) is 27.1. The number of aromatic nitrogens is 1. The molecule has 1 aromatic carbocycles. The van der Waals surface area contributed by atoms with Gasteiger partial charge in [0, 0.05) is 45.0 Å². The summed E-state index contributed by atoms with van der Waals surface area (Å²) >= 11 is 0. The van der Waals surface area contributed by atoms with Crippen molar-refractivity contribution >= 4 is 17.5 Å². The number of nitrogens with zero attached hydrogens (tertiary/aromatic N) is 2. The molecule has 1 aliphatic rings. The molecule has 0 saturated heterocycles. The predicted molar refractivity (Wildman–Crippen MR) is 111 cm³/mol. The van der Waals surface area contributed by atoms with Crippen molar-refractivity contribution in [2.45, 2.75) is 26.0 Å². The van der Waals surface area contributed by atoms with Crippen molar-refractivity contribution in [1.82, 2.24) is 15.4 Å². The summed E-state index contributed by atoms with van der Waals surface area (Å²) in [7, 11) is 3.38. The Labute approximate surface area is 175 Å². The fourth-order valence-corrected chi connectivity index (χ4v) is 3.26. The molecule has 0 aliphatic carbocycles. The van der Waals surface area contributed by atoms with E-state index in [4.69, 9.17) is 14.0 Å². The van der Waals surface area contributed by atoms with Gasteiger partial charge in [0.25, 0.3) is 11.8 Å². The molecule has 3 atom stereocenters. The average molecular weight is 416 g/mol. The lowest BCUT2D eigenvalue weighted by Gasteiger charge is -2.30. The second kappa shape index (κ2) is 9.73. The van der Waals surface area contributed by atoms with Crippen LogP contribution in [-0.4, -0.2) is 67.9 Å². The highest BCUT2D eigenvalue weighted by Crippen LogP contribution is 2.26. The van der Waals surface area contributed by atoms with E-state index in [2.05, 4.69) is 22.7 Å². The number of ether oxygens (including phenoxy) is 2. The molecular formula is C21H28N4O5. The van der Waals surface area contributed by atoms with Crippen molar-refractivity contribution in [2.75, 3.05) is 39.2 Å². The molecule has 9 nitrogen and oxygen atoms in total. The molecule has 2 heterocycles. The van der Waals surface area contributed by atoms with Gasteiger partial charge in [-0.25, -0.2) is 0 Å². The van der Waals surface area contributed by atoms with Crippen LogP contribution in [0.1, 0.15) is 34.8 Å². The maximum Gasteiger partial charge on any atom is 0.294 e. The van der Waals surface area contributed by atoms with Crippen LogP contribution < -0.4 is 15.4 Å². The van der Waals surface area contributed by atoms with Crippen LogP contribution in [0, 0.1) is 5.92 Å². The Hall–Kier alpha value is -2.91. The minimum Gasteiger partial charge on any atom is -0.491 e. The summed E-state index contributed by atoms with van der Waals surface area (Å²) in [5.74, 6) is 0.0868. The van der Waals surface area contributed by atoms with Crippen LogP contribution in [0.2, 0.25) is 0 Å². The Balaban J connectivity index is 1.88. The molecule has 0 bridgehead atoms. The summed E-state index contributed by atoms with van der Waals surface area (Å²) in [6.45, 7) is 5.70. The first kappa shape index (κ1) is 21.8. The van der Waals surface area contributed by atoms with Crippen molar-refractivity contribution in [3.63, 3.8) is 0 Å². The van der Waals surface area contributed by atoms with Crippen molar-refractivity contribution in [3.05, 3.63) is 41.8 Å². The van der Waals surface area contributed by atoms with Crippen LogP contribution in [0.4, 0.5) is 5.69 Å². The summed E-state index contributed by atoms with van der Waals surface area (Å²) in [5.41, 5.74) is 0.818. The SMILES string of the molecule is CO[C@H]1CN(C)C(=O)c2cc(NC(=O)c3ccno3)ccc2OC[C@H](C)NC[C@H]1C. The van der Waals surface area contributed by atoms with Gasteiger partial charge in [-0.2, -0.15) is 0 Å². The number of nitrogens with one attached hydrogen (secondary N) is 2. The number of hydrogen-bond acceptors (Lipinski definition) is 7. The Morgan fingerprint density at radius 2 is 2.13 bits per heavy atom. The number of benzene rings is 1. The summed E-state index contributed by atoms with van der Waals surface area (Å²) in [6.07, 6.45) is 1.28. The summed E-state index contributed by atoms with van der Waals surface area (Å²) in [5, 5.41) is 9.69. The lowest BCUT2D eigenvalue weighted by atomic mass is 10.0. The summed E-state index contributed by atoms with van der Waals surface area (Å²) < 4.78 is 16.4. The number of hydrogen-bond donors (Lipinski definition) is 2. The number of amides is 2. The minimum absolute atomic E-state index is 0.0827. The van der Waals surface area contributed by atoms with E-state index in [9.17, 15) is 9.59 Å². The van der Waals surface area contributed by atoms with Crippen LogP contribution >= 0.6 is 0 Å². The number of fused-ring (bicyclic) bond motifs is 1. The van der Waals surface area contributed by atoms with E-state index in [0.717, 1.165) is 6.54 Å². The van der Waals surface area contributed by atoms with Crippen molar-refractivity contribution in [3.8, 4) is 5.75 Å². The minimum atomic E-state index is -0.451. The zero-order valence-electron chi connectivity index (χ0n) is 17.7. The third kappa shape index (κ3) is 5.17. The third-order valence-electron chi connectivity index (χ3n) is 5.14. The van der Waals surface area contributed by atoms with E-state index in [-0.39, 0.29) is 29.7 Å². The topological polar surface area (TPSA) is 106 Å². The van der Waals surface area contributed by atoms with E-state index in [0.29, 0.717) is 30.2 Å². The highest BCUT2D eigenvalue weighted by molar-refractivity contribution is 6.04. The van der Waals surface area contributed by atoms with Crippen LogP contribution in [-0.2, 0) is 4.74 Å². The van der Waals surface area contributed by atoms with Crippen molar-refractivity contribution in [2.24, 2.45) is 5.92 Å². The highest BCUT2D eigenvalue weighted by atomic mass is 16.5. The number of carbonyl (C=O) groups is 2. The zero-order chi connectivity index (χ0) is 21.7. The normalized spacial score (nSPS) is 23.0. The van der Waals surface area contributed by atoms with Gasteiger partial charge in [-0.1, -0.05) is 12.1 Å². The largest absolute Gasteiger partial charge is 0.491 e. The number of carbonyl (C=O) groups excluding carboxylic acids is 2. The van der Waals surface area contributed by atoms with Crippen LogP contribution in [0.3, 0.4) is 0 Å². The Morgan fingerprint density at radius 1 is 1.33 bits per heavy atom. The van der Waals surface area contributed by atoms with Gasteiger partial charge >= 0.3 is 0 Å². The molecule has 9 heteroatoms. The maximum atomic E-state index is 13.2. The van der Waals surface area contributed by atoms with Crippen LogP contribution in [0.25, 0.3) is 0 Å². The number of rotatable bonds is 3. The number of likely N-dealkylation sites (N-methyl/N-ethyl adjacent to an activating group) is 1. The molecule has 0 unspecified atom stereocenters. The van der Waals surface area contributed by atoms with Gasteiger partial charge in [0.2, 0.25) is 5.76 Å². The molecule has 0 radical (unpaired) electrons. The van der Waals surface area contributed by atoms with Crippen molar-refractivity contribution in [1.29, 1.82) is 0 Å². The molecule has 0 spiro atoms. The van der Waals surface area contributed by atoms with Crippen molar-refractivity contribution < 1.29 is 23.6 Å². The molecule has 30 heavy (non-hydrogen) atoms. The van der Waals surface area contributed by atoms with Gasteiger partial charge in [0.1, 0.15) is 12.4 Å². The van der Waals surface area contributed by atoms with Gasteiger partial charge in [0.15, 0.2) is 0 Å². The van der Waals surface area contributed by atoms with Crippen LogP contribution in [0.15, 0.2) is 35.0 Å².